The van der Waals surface area contributed by atoms with Crippen molar-refractivity contribution in [3.63, 3.8) is 0 Å². The van der Waals surface area contributed by atoms with Gasteiger partial charge in [-0.05, 0) is 25.7 Å². The highest BCUT2D eigenvalue weighted by atomic mass is 16.6. The number of carbonyl (C=O) groups is 3. The first-order chi connectivity index (χ1) is 21.6. The van der Waals surface area contributed by atoms with Gasteiger partial charge in [0.1, 0.15) is 12.6 Å². The summed E-state index contributed by atoms with van der Waals surface area (Å²) in [5.74, 6) is -1.85. The van der Waals surface area contributed by atoms with Crippen molar-refractivity contribution in [2.24, 2.45) is 0 Å². The number of allylic oxidation sites excluding steroid dienone is 10. The second-order valence-corrected chi connectivity index (χ2v) is 12.1. The quantitative estimate of drug-likeness (QED) is 0.0417. The largest absolute Gasteiger partial charge is 0.544 e. The van der Waals surface area contributed by atoms with E-state index in [9.17, 15) is 19.5 Å². The minimum atomic E-state index is -1.14. The molecule has 0 aliphatic heterocycles. The number of unbranched alkanes of at least 4 members (excludes halogenated alkanes) is 8. The lowest BCUT2D eigenvalue weighted by Crippen LogP contribution is -2.55. The molecular weight excluding hydrogens is 570 g/mol. The summed E-state index contributed by atoms with van der Waals surface area (Å²) in [5.41, 5.74) is 0. The molecule has 0 aliphatic carbocycles. The lowest BCUT2D eigenvalue weighted by Gasteiger charge is -2.34. The minimum absolute atomic E-state index is 0.00991. The van der Waals surface area contributed by atoms with Gasteiger partial charge < -0.3 is 28.6 Å². The first-order valence-corrected chi connectivity index (χ1v) is 16.9. The zero-order chi connectivity index (χ0) is 33.6. The number of carboxylic acids is 1. The second kappa shape index (κ2) is 28.5. The van der Waals surface area contributed by atoms with Crippen molar-refractivity contribution >= 4 is 17.9 Å². The van der Waals surface area contributed by atoms with Crippen LogP contribution in [0.5, 0.6) is 0 Å². The highest BCUT2D eigenvalue weighted by Crippen LogP contribution is 2.11. The monoisotopic (exact) mass is 631 g/mol. The van der Waals surface area contributed by atoms with Crippen molar-refractivity contribution in [3.05, 3.63) is 60.8 Å². The Morgan fingerprint density at radius 3 is 1.82 bits per heavy atom. The van der Waals surface area contributed by atoms with Gasteiger partial charge >= 0.3 is 11.9 Å². The van der Waals surface area contributed by atoms with Crippen LogP contribution in [-0.2, 0) is 28.6 Å². The van der Waals surface area contributed by atoms with E-state index in [2.05, 4.69) is 19.9 Å². The summed E-state index contributed by atoms with van der Waals surface area (Å²) in [6.45, 7) is 4.36. The predicted molar refractivity (Wildman–Crippen MR) is 180 cm³/mol. The summed E-state index contributed by atoms with van der Waals surface area (Å²) in [5, 5.41) is 11.5. The lowest BCUT2D eigenvalue weighted by molar-refractivity contribution is -0.889. The first-order valence-electron chi connectivity index (χ1n) is 16.9. The number of ether oxygens (including phenoxy) is 3. The number of esters is 2. The van der Waals surface area contributed by atoms with Gasteiger partial charge in [-0.3, -0.25) is 9.59 Å². The van der Waals surface area contributed by atoms with Crippen molar-refractivity contribution in [3.8, 4) is 0 Å². The molecule has 0 fully saturated rings. The van der Waals surface area contributed by atoms with Crippen LogP contribution in [-0.4, -0.2) is 75.5 Å². The van der Waals surface area contributed by atoms with Crippen LogP contribution < -0.4 is 5.11 Å². The van der Waals surface area contributed by atoms with Crippen molar-refractivity contribution in [2.45, 2.75) is 116 Å². The maximum absolute atomic E-state index is 12.5. The Morgan fingerprint density at radius 2 is 1.24 bits per heavy atom. The van der Waals surface area contributed by atoms with Crippen LogP contribution >= 0.6 is 0 Å². The average Bonchev–Trinajstić information content (AvgIpc) is 2.98. The maximum Gasteiger partial charge on any atom is 0.306 e. The minimum Gasteiger partial charge on any atom is -0.544 e. The van der Waals surface area contributed by atoms with Gasteiger partial charge in [0.2, 0.25) is 0 Å². The van der Waals surface area contributed by atoms with E-state index < -0.39 is 24.1 Å². The van der Waals surface area contributed by atoms with Gasteiger partial charge in [0.15, 0.2) is 6.10 Å². The van der Waals surface area contributed by atoms with E-state index in [1.54, 1.807) is 21.1 Å². The van der Waals surface area contributed by atoms with Gasteiger partial charge in [-0.2, -0.15) is 0 Å². The highest BCUT2D eigenvalue weighted by molar-refractivity contribution is 5.70. The Balaban J connectivity index is 4.65. The van der Waals surface area contributed by atoms with Crippen LogP contribution in [0.2, 0.25) is 0 Å². The Labute approximate surface area is 273 Å². The van der Waals surface area contributed by atoms with Crippen molar-refractivity contribution in [1.82, 2.24) is 0 Å². The van der Waals surface area contributed by atoms with Gasteiger partial charge in [-0.1, -0.05) is 120 Å². The summed E-state index contributed by atoms with van der Waals surface area (Å²) in [4.78, 5) is 36.4. The number of aliphatic carboxylic acids is 1. The Bertz CT molecular complexity index is 928. The molecule has 0 aromatic rings. The van der Waals surface area contributed by atoms with E-state index in [0.717, 1.165) is 32.1 Å². The molecule has 2 atom stereocenters. The SMILES string of the molecule is CC/C=C/C=C/C=C/C=C/C=C/CCCC(=O)OC(COCCC(C(=O)[O-])[N+](C)(C)C)COC(=O)CCCCCCCCCC. The number of quaternary nitrogens is 1. The molecule has 8 nitrogen and oxygen atoms in total. The van der Waals surface area contributed by atoms with Crippen LogP contribution in [0.15, 0.2) is 60.8 Å². The Hall–Kier alpha value is -2.97. The molecule has 2 unspecified atom stereocenters. The van der Waals surface area contributed by atoms with Gasteiger partial charge in [-0.15, -0.1) is 0 Å². The number of carboxylic acid groups (broad SMARTS) is 1. The summed E-state index contributed by atoms with van der Waals surface area (Å²) in [7, 11) is 5.35. The number of hydrogen-bond acceptors (Lipinski definition) is 7. The normalized spacial score (nSPS) is 13.9. The van der Waals surface area contributed by atoms with E-state index in [0.29, 0.717) is 12.8 Å². The summed E-state index contributed by atoms with van der Waals surface area (Å²) in [6, 6.07) is -0.737. The fraction of sp³-hybridized carbons (Fsp3) is 0.649. The predicted octanol–water partition coefficient (Wildman–Crippen LogP) is 6.56. The summed E-state index contributed by atoms with van der Waals surface area (Å²) in [6.07, 6.45) is 31.2. The molecule has 0 aromatic heterocycles. The van der Waals surface area contributed by atoms with Crippen molar-refractivity contribution in [2.75, 3.05) is 41.0 Å². The molecule has 0 heterocycles. The second-order valence-electron chi connectivity index (χ2n) is 12.1. The molecule has 0 bridgehead atoms. The molecule has 0 spiro atoms. The number of rotatable bonds is 28. The first kappa shape index (κ1) is 42.0. The Morgan fingerprint density at radius 1 is 0.689 bits per heavy atom. The molecule has 0 saturated heterocycles. The molecule has 0 aliphatic rings. The zero-order valence-corrected chi connectivity index (χ0v) is 28.8. The van der Waals surface area contributed by atoms with Gasteiger partial charge in [0.05, 0.1) is 40.3 Å². The third-order valence-corrected chi connectivity index (χ3v) is 7.05. The van der Waals surface area contributed by atoms with E-state index >= 15 is 0 Å². The van der Waals surface area contributed by atoms with E-state index in [1.165, 1.54) is 32.1 Å². The molecule has 0 amide bonds. The van der Waals surface area contributed by atoms with Crippen LogP contribution in [0.4, 0.5) is 0 Å². The van der Waals surface area contributed by atoms with E-state index in [1.807, 2.05) is 54.7 Å². The number of likely N-dealkylation sites (N-methyl/N-ethyl adjacent to an activating group) is 1. The van der Waals surface area contributed by atoms with E-state index in [4.69, 9.17) is 14.2 Å². The number of carbonyl (C=O) groups excluding carboxylic acids is 3. The average molecular weight is 632 g/mol. The molecule has 0 aromatic carbocycles. The fourth-order valence-electron chi connectivity index (χ4n) is 4.39. The van der Waals surface area contributed by atoms with E-state index in [-0.39, 0.29) is 43.1 Å². The molecule has 0 saturated carbocycles. The van der Waals surface area contributed by atoms with Crippen LogP contribution in [0, 0.1) is 0 Å². The molecule has 45 heavy (non-hydrogen) atoms. The van der Waals surface area contributed by atoms with Crippen LogP contribution in [0.3, 0.4) is 0 Å². The zero-order valence-electron chi connectivity index (χ0n) is 28.8. The molecule has 0 N–H and O–H groups in total. The molecule has 0 radical (unpaired) electrons. The van der Waals surface area contributed by atoms with Crippen LogP contribution in [0.1, 0.15) is 104 Å². The fourth-order valence-corrected chi connectivity index (χ4v) is 4.39. The third kappa shape index (κ3) is 27.1. The third-order valence-electron chi connectivity index (χ3n) is 7.05. The summed E-state index contributed by atoms with van der Waals surface area (Å²) < 4.78 is 16.9. The van der Waals surface area contributed by atoms with Crippen molar-refractivity contribution < 1.29 is 38.2 Å². The molecule has 0 rings (SSSR count). The lowest BCUT2D eigenvalue weighted by atomic mass is 10.1. The smallest absolute Gasteiger partial charge is 0.306 e. The summed E-state index contributed by atoms with van der Waals surface area (Å²) >= 11 is 0. The maximum atomic E-state index is 12.5. The van der Waals surface area contributed by atoms with Gasteiger partial charge in [0.25, 0.3) is 0 Å². The standard InChI is InChI=1S/C37H61NO7/c1-6-8-10-12-14-16-17-18-19-20-22-24-26-28-36(40)45-33(31-43-30-29-34(37(41)42)38(3,4)5)32-44-35(39)27-25-23-21-15-13-11-9-7-2/h8,10,12,14,16-20,22,33-34H,6-7,9,11,13,15,21,23-32H2,1-5H3/b10-8+,14-12+,17-16+,19-18+,22-20+. The Kier molecular flexibility index (Phi) is 26.6. The van der Waals surface area contributed by atoms with Crippen LogP contribution in [0.25, 0.3) is 0 Å². The molecule has 256 valence electrons. The molecular formula is C37H61NO7. The number of hydrogen-bond donors (Lipinski definition) is 0. The molecule has 8 heteroatoms. The van der Waals surface area contributed by atoms with Gasteiger partial charge in [0, 0.05) is 19.3 Å². The topological polar surface area (TPSA) is 102 Å². The highest BCUT2D eigenvalue weighted by Gasteiger charge is 2.25. The number of nitrogens with zero attached hydrogens (tertiary/aromatic N) is 1. The van der Waals surface area contributed by atoms with Crippen molar-refractivity contribution in [1.29, 1.82) is 0 Å². The van der Waals surface area contributed by atoms with Gasteiger partial charge in [-0.25, -0.2) is 0 Å².